The van der Waals surface area contributed by atoms with Crippen molar-refractivity contribution in [3.63, 3.8) is 0 Å². The van der Waals surface area contributed by atoms with Gasteiger partial charge in [-0.3, -0.25) is 0 Å². The predicted molar refractivity (Wildman–Crippen MR) is 105 cm³/mol. The number of benzene rings is 2. The zero-order valence-electron chi connectivity index (χ0n) is 14.8. The van der Waals surface area contributed by atoms with E-state index < -0.39 is 0 Å². The molecule has 25 heavy (non-hydrogen) atoms. The van der Waals surface area contributed by atoms with Gasteiger partial charge in [0.2, 0.25) is 5.88 Å². The van der Waals surface area contributed by atoms with Crippen LogP contribution < -0.4 is 4.74 Å². The first-order valence-electron chi connectivity index (χ1n) is 9.12. The molecule has 0 atom stereocenters. The Balaban J connectivity index is 1.86. The minimum atomic E-state index is 0.705. The van der Waals surface area contributed by atoms with Gasteiger partial charge in [0.05, 0.1) is 12.3 Å². The highest BCUT2D eigenvalue weighted by Crippen LogP contribution is 2.28. The predicted octanol–water partition coefficient (Wildman–Crippen LogP) is 6.37. The van der Waals surface area contributed by atoms with Crippen molar-refractivity contribution < 1.29 is 4.74 Å². The zero-order chi connectivity index (χ0) is 17.3. The number of hydrogen-bond acceptors (Lipinski definition) is 2. The second-order valence-electron chi connectivity index (χ2n) is 6.22. The van der Waals surface area contributed by atoms with E-state index in [-0.39, 0.29) is 0 Å². The summed E-state index contributed by atoms with van der Waals surface area (Å²) in [6.45, 7) is 2.94. The monoisotopic (exact) mass is 331 g/mol. The van der Waals surface area contributed by atoms with Crippen LogP contribution in [0.2, 0.25) is 0 Å². The minimum Gasteiger partial charge on any atom is -0.478 e. The number of ether oxygens (including phenoxy) is 1. The minimum absolute atomic E-state index is 0.705. The van der Waals surface area contributed by atoms with Crippen molar-refractivity contribution in [1.29, 1.82) is 0 Å². The topological polar surface area (TPSA) is 22.1 Å². The summed E-state index contributed by atoms with van der Waals surface area (Å²) in [4.78, 5) is 4.72. The average Bonchev–Trinajstić information content (AvgIpc) is 2.69. The van der Waals surface area contributed by atoms with E-state index in [1.807, 2.05) is 30.3 Å². The highest BCUT2D eigenvalue weighted by Gasteiger charge is 2.07. The Labute approximate surface area is 150 Å². The van der Waals surface area contributed by atoms with Gasteiger partial charge in [-0.25, -0.2) is 4.98 Å². The third kappa shape index (κ3) is 4.93. The van der Waals surface area contributed by atoms with Crippen molar-refractivity contribution >= 4 is 0 Å². The number of unbranched alkanes of at least 4 members (excludes halogenated alkanes) is 3. The van der Waals surface area contributed by atoms with Crippen LogP contribution in [0, 0.1) is 0 Å². The van der Waals surface area contributed by atoms with Gasteiger partial charge in [-0.1, -0.05) is 86.8 Å². The van der Waals surface area contributed by atoms with E-state index in [0.29, 0.717) is 5.88 Å². The van der Waals surface area contributed by atoms with E-state index in [0.717, 1.165) is 29.8 Å². The molecule has 128 valence electrons. The summed E-state index contributed by atoms with van der Waals surface area (Å²) >= 11 is 0. The van der Waals surface area contributed by atoms with Gasteiger partial charge in [0, 0.05) is 11.6 Å². The normalized spacial score (nSPS) is 10.6. The summed E-state index contributed by atoms with van der Waals surface area (Å²) in [6.07, 6.45) is 4.78. The maximum Gasteiger partial charge on any atom is 0.214 e. The first-order valence-corrected chi connectivity index (χ1v) is 9.12. The quantitative estimate of drug-likeness (QED) is 0.447. The molecule has 0 aliphatic heterocycles. The Morgan fingerprint density at radius 1 is 0.720 bits per heavy atom. The number of hydrogen-bond donors (Lipinski definition) is 0. The molecular weight excluding hydrogens is 306 g/mol. The Morgan fingerprint density at radius 3 is 2.08 bits per heavy atom. The number of pyridine rings is 1. The fourth-order valence-electron chi connectivity index (χ4n) is 2.84. The summed E-state index contributed by atoms with van der Waals surface area (Å²) in [5, 5.41) is 0. The molecule has 1 aromatic heterocycles. The van der Waals surface area contributed by atoms with Crippen molar-refractivity contribution in [3.05, 3.63) is 72.8 Å². The lowest BCUT2D eigenvalue weighted by Crippen LogP contribution is -2.00. The van der Waals surface area contributed by atoms with Crippen LogP contribution in [0.1, 0.15) is 32.6 Å². The van der Waals surface area contributed by atoms with Crippen molar-refractivity contribution in [1.82, 2.24) is 4.98 Å². The first kappa shape index (κ1) is 17.2. The van der Waals surface area contributed by atoms with Crippen LogP contribution in [0.15, 0.2) is 72.8 Å². The average molecular weight is 331 g/mol. The maximum atomic E-state index is 5.97. The molecule has 0 saturated heterocycles. The summed E-state index contributed by atoms with van der Waals surface area (Å²) in [5.41, 5.74) is 4.37. The van der Waals surface area contributed by atoms with Crippen molar-refractivity contribution in [2.45, 2.75) is 32.6 Å². The molecule has 0 unspecified atom stereocenters. The van der Waals surface area contributed by atoms with Crippen LogP contribution in [0.5, 0.6) is 5.88 Å². The fourth-order valence-corrected chi connectivity index (χ4v) is 2.84. The molecule has 0 saturated carbocycles. The van der Waals surface area contributed by atoms with E-state index in [2.05, 4.69) is 49.4 Å². The Hall–Kier alpha value is -2.61. The van der Waals surface area contributed by atoms with Gasteiger partial charge in [0.15, 0.2) is 0 Å². The van der Waals surface area contributed by atoms with Gasteiger partial charge in [-0.15, -0.1) is 0 Å². The van der Waals surface area contributed by atoms with Crippen molar-refractivity contribution in [3.8, 4) is 28.3 Å². The molecule has 2 heteroatoms. The molecule has 0 bridgehead atoms. The van der Waals surface area contributed by atoms with E-state index in [1.165, 1.54) is 24.8 Å². The number of rotatable bonds is 8. The smallest absolute Gasteiger partial charge is 0.214 e. The van der Waals surface area contributed by atoms with Gasteiger partial charge in [0.25, 0.3) is 0 Å². The lowest BCUT2D eigenvalue weighted by Gasteiger charge is -2.11. The zero-order valence-corrected chi connectivity index (χ0v) is 14.8. The first-order chi connectivity index (χ1) is 12.4. The van der Waals surface area contributed by atoms with E-state index >= 15 is 0 Å². The van der Waals surface area contributed by atoms with Crippen LogP contribution in [0.3, 0.4) is 0 Å². The molecule has 0 aliphatic rings. The van der Waals surface area contributed by atoms with Gasteiger partial charge in [-0.2, -0.15) is 0 Å². The molecule has 1 heterocycles. The molecule has 0 N–H and O–H groups in total. The summed E-state index contributed by atoms with van der Waals surface area (Å²) in [6, 6.07) is 24.8. The van der Waals surface area contributed by atoms with Crippen LogP contribution in [-0.2, 0) is 0 Å². The van der Waals surface area contributed by atoms with Crippen molar-refractivity contribution in [2.75, 3.05) is 6.61 Å². The number of nitrogens with zero attached hydrogens (tertiary/aromatic N) is 1. The van der Waals surface area contributed by atoms with Gasteiger partial charge >= 0.3 is 0 Å². The van der Waals surface area contributed by atoms with Gasteiger partial charge in [0.1, 0.15) is 0 Å². The Bertz CT molecular complexity index is 711. The maximum absolute atomic E-state index is 5.97. The van der Waals surface area contributed by atoms with E-state index in [1.54, 1.807) is 0 Å². The highest BCUT2D eigenvalue weighted by molar-refractivity contribution is 5.71. The third-order valence-corrected chi connectivity index (χ3v) is 4.23. The van der Waals surface area contributed by atoms with Gasteiger partial charge < -0.3 is 4.74 Å². The highest BCUT2D eigenvalue weighted by atomic mass is 16.5. The van der Waals surface area contributed by atoms with E-state index in [4.69, 9.17) is 9.72 Å². The molecule has 0 radical (unpaired) electrons. The van der Waals surface area contributed by atoms with Crippen LogP contribution in [0.25, 0.3) is 22.4 Å². The molecule has 0 amide bonds. The molecule has 0 spiro atoms. The summed E-state index contributed by atoms with van der Waals surface area (Å²) in [5.74, 6) is 0.705. The van der Waals surface area contributed by atoms with Gasteiger partial charge in [-0.05, 0) is 23.6 Å². The second kappa shape index (κ2) is 9.03. The fraction of sp³-hybridized carbons (Fsp3) is 0.261. The Kier molecular flexibility index (Phi) is 6.22. The summed E-state index contributed by atoms with van der Waals surface area (Å²) < 4.78 is 5.97. The molecule has 3 rings (SSSR count). The third-order valence-electron chi connectivity index (χ3n) is 4.23. The van der Waals surface area contributed by atoms with Crippen LogP contribution >= 0.6 is 0 Å². The molecular formula is C23H25NO. The molecule has 2 nitrogen and oxygen atoms in total. The molecule has 2 aromatic carbocycles. The lowest BCUT2D eigenvalue weighted by molar-refractivity contribution is 0.294. The van der Waals surface area contributed by atoms with E-state index in [9.17, 15) is 0 Å². The molecule has 0 fully saturated rings. The molecule has 0 aliphatic carbocycles. The number of aromatic nitrogens is 1. The largest absolute Gasteiger partial charge is 0.478 e. The van der Waals surface area contributed by atoms with Crippen molar-refractivity contribution in [2.24, 2.45) is 0 Å². The summed E-state index contributed by atoms with van der Waals surface area (Å²) in [7, 11) is 0. The van der Waals surface area contributed by atoms with Crippen LogP contribution in [0.4, 0.5) is 0 Å². The second-order valence-corrected chi connectivity index (χ2v) is 6.22. The lowest BCUT2D eigenvalue weighted by atomic mass is 10.0. The SMILES string of the molecule is CCCCCCOc1cc(-c2ccccc2)cc(-c2ccccc2)n1. The van der Waals surface area contributed by atoms with Crippen LogP contribution in [-0.4, -0.2) is 11.6 Å². The molecule has 3 aromatic rings. The standard InChI is InChI=1S/C23H25NO/c1-2-3-4-11-16-25-23-18-21(19-12-7-5-8-13-19)17-22(24-23)20-14-9-6-10-15-20/h5-10,12-15,17-18H,2-4,11,16H2,1H3. The Morgan fingerprint density at radius 2 is 1.40 bits per heavy atom.